The Morgan fingerprint density at radius 1 is 1.03 bits per heavy atom. The summed E-state index contributed by atoms with van der Waals surface area (Å²) in [4.78, 5) is 9.92. The van der Waals surface area contributed by atoms with Crippen LogP contribution in [0.15, 0.2) is 53.5 Å². The van der Waals surface area contributed by atoms with Gasteiger partial charge in [0.2, 0.25) is 0 Å². The predicted molar refractivity (Wildman–Crippen MR) is 123 cm³/mol. The van der Waals surface area contributed by atoms with Crippen molar-refractivity contribution in [3.63, 3.8) is 0 Å². The number of para-hydroxylation sites is 2. The van der Waals surface area contributed by atoms with E-state index in [2.05, 4.69) is 51.5 Å². The van der Waals surface area contributed by atoms with Crippen molar-refractivity contribution in [1.29, 1.82) is 0 Å². The Labute approximate surface area is 179 Å². The Balaban J connectivity index is 1.12. The predicted octanol–water partition coefficient (Wildman–Crippen LogP) is 3.31. The normalized spacial score (nSPS) is 25.0. The number of aryl methyl sites for hydroxylation is 1. The summed E-state index contributed by atoms with van der Waals surface area (Å²) >= 11 is 0. The molecule has 1 aliphatic carbocycles. The number of amidine groups is 1. The summed E-state index contributed by atoms with van der Waals surface area (Å²) in [5.41, 5.74) is 4.28. The number of rotatable bonds is 5. The zero-order valence-corrected chi connectivity index (χ0v) is 17.9. The highest BCUT2D eigenvalue weighted by atomic mass is 16.5. The van der Waals surface area contributed by atoms with Crippen molar-refractivity contribution in [1.82, 2.24) is 10.2 Å². The van der Waals surface area contributed by atoms with Crippen LogP contribution in [-0.2, 0) is 6.42 Å². The summed E-state index contributed by atoms with van der Waals surface area (Å²) in [6, 6.07) is 17.9. The number of piperazine rings is 1. The maximum absolute atomic E-state index is 5.53. The van der Waals surface area contributed by atoms with Crippen LogP contribution in [0.5, 0.6) is 5.75 Å². The molecule has 0 bridgehead atoms. The first-order valence-corrected chi connectivity index (χ1v) is 11.3. The van der Waals surface area contributed by atoms with Crippen LogP contribution in [0.2, 0.25) is 0 Å². The van der Waals surface area contributed by atoms with Crippen molar-refractivity contribution in [3.05, 3.63) is 59.7 Å². The number of nitrogens with zero attached hydrogens (tertiary/aromatic N) is 3. The summed E-state index contributed by atoms with van der Waals surface area (Å²) in [5, 5.41) is 3.72. The number of anilines is 1. The Bertz CT molecular complexity index is 904. The van der Waals surface area contributed by atoms with Crippen LogP contribution in [0.4, 0.5) is 5.69 Å². The Morgan fingerprint density at radius 2 is 1.83 bits per heavy atom. The smallest absolute Gasteiger partial charge is 0.142 e. The number of aliphatic imine (C=N–C) groups is 1. The average molecular weight is 405 g/mol. The molecule has 0 aromatic heterocycles. The van der Waals surface area contributed by atoms with E-state index in [4.69, 9.17) is 9.73 Å². The number of hydrogen-bond acceptors (Lipinski definition) is 4. The van der Waals surface area contributed by atoms with Gasteiger partial charge in [0.25, 0.3) is 0 Å². The molecule has 3 aliphatic rings. The van der Waals surface area contributed by atoms with Gasteiger partial charge < -0.3 is 15.0 Å². The molecular weight excluding hydrogens is 372 g/mol. The number of benzene rings is 2. The van der Waals surface area contributed by atoms with Crippen LogP contribution in [0.3, 0.4) is 0 Å². The van der Waals surface area contributed by atoms with Gasteiger partial charge in [0, 0.05) is 51.1 Å². The van der Waals surface area contributed by atoms with E-state index in [0.717, 1.165) is 51.4 Å². The molecule has 0 amide bonds. The molecule has 30 heavy (non-hydrogen) atoms. The van der Waals surface area contributed by atoms with Crippen molar-refractivity contribution in [3.8, 4) is 5.75 Å². The van der Waals surface area contributed by atoms with E-state index < -0.39 is 0 Å². The molecule has 2 aromatic carbocycles. The minimum absolute atomic E-state index is 0.572. The van der Waals surface area contributed by atoms with Crippen molar-refractivity contribution >= 4 is 11.5 Å². The van der Waals surface area contributed by atoms with Crippen molar-refractivity contribution in [2.24, 2.45) is 4.99 Å². The maximum Gasteiger partial charge on any atom is 0.142 e. The average Bonchev–Trinajstić information content (AvgIpc) is 3.23. The number of fused-ring (bicyclic) bond motifs is 3. The monoisotopic (exact) mass is 404 g/mol. The van der Waals surface area contributed by atoms with E-state index in [9.17, 15) is 0 Å². The maximum atomic E-state index is 5.53. The molecule has 2 atom stereocenters. The molecule has 2 fully saturated rings. The third kappa shape index (κ3) is 3.91. The lowest BCUT2D eigenvalue weighted by Crippen LogP contribution is -2.47. The van der Waals surface area contributed by atoms with Gasteiger partial charge in [-0.25, -0.2) is 0 Å². The number of nitrogens with one attached hydrogen (secondary N) is 1. The highest BCUT2D eigenvalue weighted by Gasteiger charge is 2.35. The van der Waals surface area contributed by atoms with Crippen LogP contribution in [0.25, 0.3) is 0 Å². The molecule has 2 aliphatic heterocycles. The van der Waals surface area contributed by atoms with Gasteiger partial charge in [0.1, 0.15) is 5.75 Å². The van der Waals surface area contributed by atoms with Crippen molar-refractivity contribution in [2.75, 3.05) is 51.3 Å². The van der Waals surface area contributed by atoms with E-state index in [1.54, 1.807) is 12.7 Å². The fraction of sp³-hybridized carbons (Fsp3) is 0.480. The van der Waals surface area contributed by atoms with E-state index in [-0.39, 0.29) is 0 Å². The Hall–Kier alpha value is -2.53. The van der Waals surface area contributed by atoms with E-state index in [0.29, 0.717) is 12.0 Å². The zero-order chi connectivity index (χ0) is 20.3. The molecule has 5 rings (SSSR count). The minimum atomic E-state index is 0.572. The SMILES string of the molecule is COc1ccccc1N1CCN(CCN=C2C[C@H]3c4ccccc4CC[C@H]3N2)CC1. The molecule has 0 unspecified atom stereocenters. The van der Waals surface area contributed by atoms with Crippen molar-refractivity contribution in [2.45, 2.75) is 31.2 Å². The standard InChI is InChI=1S/C25H32N4O/c1-30-24-9-5-4-8-23(24)29-16-14-28(15-17-29)13-12-26-25-18-21-20-7-3-2-6-19(20)10-11-22(21)27-25/h2-9,21-22H,10-18H2,1H3,(H,26,27)/t21-,22+/m0/s1. The van der Waals surface area contributed by atoms with Gasteiger partial charge in [0.05, 0.1) is 25.2 Å². The molecule has 158 valence electrons. The van der Waals surface area contributed by atoms with Gasteiger partial charge in [-0.1, -0.05) is 36.4 Å². The molecule has 5 nitrogen and oxygen atoms in total. The van der Waals surface area contributed by atoms with Gasteiger partial charge in [-0.3, -0.25) is 9.89 Å². The second-order valence-corrected chi connectivity index (χ2v) is 8.63. The Kier molecular flexibility index (Phi) is 5.63. The number of methoxy groups -OCH3 is 1. The molecule has 1 N–H and O–H groups in total. The first kappa shape index (κ1) is 19.4. The largest absolute Gasteiger partial charge is 0.495 e. The summed E-state index contributed by atoms with van der Waals surface area (Å²) in [5.74, 6) is 2.79. The fourth-order valence-corrected chi connectivity index (χ4v) is 5.30. The van der Waals surface area contributed by atoms with E-state index >= 15 is 0 Å². The summed E-state index contributed by atoms with van der Waals surface area (Å²) < 4.78 is 5.53. The summed E-state index contributed by atoms with van der Waals surface area (Å²) in [6.07, 6.45) is 3.49. The number of ether oxygens (including phenoxy) is 1. The lowest BCUT2D eigenvalue weighted by molar-refractivity contribution is 0.264. The van der Waals surface area contributed by atoms with Crippen molar-refractivity contribution < 1.29 is 4.74 Å². The first-order chi connectivity index (χ1) is 14.8. The highest BCUT2D eigenvalue weighted by Crippen LogP contribution is 2.37. The van der Waals surface area contributed by atoms with Crippen LogP contribution in [0, 0.1) is 0 Å². The van der Waals surface area contributed by atoms with Gasteiger partial charge in [-0.2, -0.15) is 0 Å². The van der Waals surface area contributed by atoms with Gasteiger partial charge in [0.15, 0.2) is 0 Å². The number of hydrogen-bond donors (Lipinski definition) is 1. The first-order valence-electron chi connectivity index (χ1n) is 11.3. The lowest BCUT2D eigenvalue weighted by Gasteiger charge is -2.36. The highest BCUT2D eigenvalue weighted by molar-refractivity contribution is 5.86. The molecule has 0 spiro atoms. The van der Waals surface area contributed by atoms with E-state index in [1.165, 1.54) is 29.9 Å². The molecule has 2 heterocycles. The second-order valence-electron chi connectivity index (χ2n) is 8.63. The summed E-state index contributed by atoms with van der Waals surface area (Å²) in [7, 11) is 1.75. The molecule has 2 saturated heterocycles. The lowest BCUT2D eigenvalue weighted by atomic mass is 9.80. The van der Waals surface area contributed by atoms with Gasteiger partial charge >= 0.3 is 0 Å². The van der Waals surface area contributed by atoms with E-state index in [1.807, 2.05) is 12.1 Å². The fourth-order valence-electron chi connectivity index (χ4n) is 5.30. The molecule has 2 aromatic rings. The third-order valence-electron chi connectivity index (χ3n) is 6.95. The molecule has 5 heteroatoms. The van der Waals surface area contributed by atoms with Crippen LogP contribution in [-0.4, -0.2) is 63.2 Å². The van der Waals surface area contributed by atoms with Crippen LogP contribution >= 0.6 is 0 Å². The third-order valence-corrected chi connectivity index (χ3v) is 6.95. The zero-order valence-electron chi connectivity index (χ0n) is 17.9. The molecular formula is C25H32N4O. The van der Waals surface area contributed by atoms with Gasteiger partial charge in [-0.15, -0.1) is 0 Å². The van der Waals surface area contributed by atoms with Crippen LogP contribution in [0.1, 0.15) is 29.9 Å². The molecule has 0 radical (unpaired) electrons. The van der Waals surface area contributed by atoms with Crippen LogP contribution < -0.4 is 15.0 Å². The second kappa shape index (κ2) is 8.68. The summed E-state index contributed by atoms with van der Waals surface area (Å²) in [6.45, 7) is 6.16. The minimum Gasteiger partial charge on any atom is -0.495 e. The van der Waals surface area contributed by atoms with Gasteiger partial charge in [-0.05, 0) is 36.1 Å². The molecule has 0 saturated carbocycles. The quantitative estimate of drug-likeness (QED) is 0.830. The Morgan fingerprint density at radius 3 is 2.70 bits per heavy atom. The topological polar surface area (TPSA) is 40.1 Å².